The Morgan fingerprint density at radius 1 is 1.37 bits per heavy atom. The summed E-state index contributed by atoms with van der Waals surface area (Å²) in [7, 11) is 0. The number of ether oxygens (including phenoxy) is 1. The van der Waals surface area contributed by atoms with E-state index in [9.17, 15) is 4.79 Å². The summed E-state index contributed by atoms with van der Waals surface area (Å²) in [5.41, 5.74) is -0.443. The maximum Gasteiger partial charge on any atom is 0.407 e. The highest BCUT2D eigenvalue weighted by atomic mass is 16.6. The quantitative estimate of drug-likeness (QED) is 0.861. The monoisotopic (exact) mass is 266 g/mol. The zero-order valence-electron chi connectivity index (χ0n) is 11.8. The fraction of sp³-hybridized carbons (Fsp3) is 0.769. The zero-order valence-corrected chi connectivity index (χ0v) is 11.8. The van der Waals surface area contributed by atoms with E-state index in [-0.39, 0.29) is 12.1 Å². The molecule has 1 aromatic rings. The number of alkyl carbamates (subject to hydrolysis) is 1. The van der Waals surface area contributed by atoms with Crippen LogP contribution in [0.5, 0.6) is 0 Å². The molecule has 0 aromatic carbocycles. The molecule has 1 amide bonds. The minimum atomic E-state index is -0.443. The van der Waals surface area contributed by atoms with E-state index in [2.05, 4.69) is 20.5 Å². The van der Waals surface area contributed by atoms with Gasteiger partial charge in [-0.2, -0.15) is 5.10 Å². The molecule has 1 aliphatic carbocycles. The molecular weight excluding hydrogens is 244 g/mol. The van der Waals surface area contributed by atoms with E-state index < -0.39 is 5.60 Å². The van der Waals surface area contributed by atoms with Crippen molar-refractivity contribution in [3.8, 4) is 0 Å². The Labute approximate surface area is 113 Å². The van der Waals surface area contributed by atoms with Crippen LogP contribution in [0.2, 0.25) is 0 Å². The number of amides is 1. The summed E-state index contributed by atoms with van der Waals surface area (Å²) in [6.45, 7) is 5.61. The van der Waals surface area contributed by atoms with Gasteiger partial charge in [-0.25, -0.2) is 9.78 Å². The number of H-pyrrole nitrogens is 1. The summed E-state index contributed by atoms with van der Waals surface area (Å²) in [6.07, 6.45) is 5.14. The van der Waals surface area contributed by atoms with Crippen molar-refractivity contribution in [3.05, 3.63) is 12.2 Å². The number of aromatic nitrogens is 3. The predicted molar refractivity (Wildman–Crippen MR) is 70.7 cm³/mol. The van der Waals surface area contributed by atoms with Crippen LogP contribution in [0.3, 0.4) is 0 Å². The first-order valence-corrected chi connectivity index (χ1v) is 6.79. The number of carbonyl (C=O) groups excluding carboxylic acids is 1. The van der Waals surface area contributed by atoms with Crippen LogP contribution >= 0.6 is 0 Å². The number of rotatable bonds is 2. The van der Waals surface area contributed by atoms with E-state index in [1.165, 1.54) is 0 Å². The third-order valence-corrected chi connectivity index (χ3v) is 3.27. The smallest absolute Gasteiger partial charge is 0.407 e. The Morgan fingerprint density at radius 2 is 2.05 bits per heavy atom. The Kier molecular flexibility index (Phi) is 4.07. The second kappa shape index (κ2) is 5.59. The molecule has 1 aromatic heterocycles. The van der Waals surface area contributed by atoms with Crippen molar-refractivity contribution in [2.24, 2.45) is 0 Å². The lowest BCUT2D eigenvalue weighted by molar-refractivity contribution is 0.0491. The summed E-state index contributed by atoms with van der Waals surface area (Å²) >= 11 is 0. The molecule has 2 N–H and O–H groups in total. The van der Waals surface area contributed by atoms with E-state index in [1.54, 1.807) is 6.33 Å². The summed E-state index contributed by atoms with van der Waals surface area (Å²) < 4.78 is 5.26. The van der Waals surface area contributed by atoms with Gasteiger partial charge in [0.2, 0.25) is 0 Å². The largest absolute Gasteiger partial charge is 0.444 e. The van der Waals surface area contributed by atoms with E-state index >= 15 is 0 Å². The lowest BCUT2D eigenvalue weighted by Gasteiger charge is -2.29. The van der Waals surface area contributed by atoms with Crippen LogP contribution in [-0.2, 0) is 4.74 Å². The molecule has 1 fully saturated rings. The number of carbonyl (C=O) groups is 1. The van der Waals surface area contributed by atoms with E-state index in [0.717, 1.165) is 31.5 Å². The topological polar surface area (TPSA) is 79.9 Å². The highest BCUT2D eigenvalue weighted by molar-refractivity contribution is 5.68. The van der Waals surface area contributed by atoms with Gasteiger partial charge in [-0.3, -0.25) is 5.10 Å². The van der Waals surface area contributed by atoms with Gasteiger partial charge in [0.05, 0.1) is 0 Å². The van der Waals surface area contributed by atoms with Gasteiger partial charge in [-0.05, 0) is 46.5 Å². The minimum absolute atomic E-state index is 0.203. The first-order valence-electron chi connectivity index (χ1n) is 6.79. The summed E-state index contributed by atoms with van der Waals surface area (Å²) in [4.78, 5) is 15.9. The van der Waals surface area contributed by atoms with Gasteiger partial charge in [-0.15, -0.1) is 0 Å². The number of nitrogens with zero attached hydrogens (tertiary/aromatic N) is 2. The standard InChI is InChI=1S/C13H22N4O2/c1-13(2,3)19-12(18)16-10-6-4-9(5-7-10)11-14-8-15-17-11/h8-10H,4-7H2,1-3H3,(H,16,18)(H,14,15,17)/t9-,10+. The third-order valence-electron chi connectivity index (χ3n) is 3.27. The minimum Gasteiger partial charge on any atom is -0.444 e. The van der Waals surface area contributed by atoms with Crippen LogP contribution in [-0.4, -0.2) is 32.9 Å². The van der Waals surface area contributed by atoms with Crippen molar-refractivity contribution in [1.82, 2.24) is 20.5 Å². The average molecular weight is 266 g/mol. The summed E-state index contributed by atoms with van der Waals surface area (Å²) in [5, 5.41) is 9.73. The lowest BCUT2D eigenvalue weighted by Crippen LogP contribution is -2.40. The van der Waals surface area contributed by atoms with Crippen LogP contribution in [0.1, 0.15) is 58.2 Å². The molecule has 0 unspecified atom stereocenters. The molecule has 2 rings (SSSR count). The number of nitrogens with one attached hydrogen (secondary N) is 2. The molecule has 0 aliphatic heterocycles. The molecule has 106 valence electrons. The van der Waals surface area contributed by atoms with Gasteiger partial charge in [0.25, 0.3) is 0 Å². The molecule has 19 heavy (non-hydrogen) atoms. The van der Waals surface area contributed by atoms with Crippen molar-refractivity contribution < 1.29 is 9.53 Å². The molecule has 0 atom stereocenters. The summed E-state index contributed by atoms with van der Waals surface area (Å²) in [5.74, 6) is 1.38. The Balaban J connectivity index is 1.76. The van der Waals surface area contributed by atoms with E-state index in [1.807, 2.05) is 20.8 Å². The molecular formula is C13H22N4O2. The fourth-order valence-corrected chi connectivity index (χ4v) is 2.40. The normalized spacial score (nSPS) is 23.9. The van der Waals surface area contributed by atoms with Gasteiger partial charge in [-0.1, -0.05) is 0 Å². The molecule has 1 saturated carbocycles. The average Bonchev–Trinajstić information content (AvgIpc) is 2.80. The Hall–Kier alpha value is -1.59. The van der Waals surface area contributed by atoms with Crippen LogP contribution < -0.4 is 5.32 Å². The van der Waals surface area contributed by atoms with Crippen LogP contribution in [0, 0.1) is 0 Å². The number of hydrogen-bond donors (Lipinski definition) is 2. The molecule has 0 radical (unpaired) electrons. The molecule has 0 saturated heterocycles. The van der Waals surface area contributed by atoms with Gasteiger partial charge < -0.3 is 10.1 Å². The third kappa shape index (κ3) is 4.22. The first-order chi connectivity index (χ1) is 8.94. The van der Waals surface area contributed by atoms with Crippen molar-refractivity contribution in [3.63, 3.8) is 0 Å². The van der Waals surface area contributed by atoms with Crippen LogP contribution in [0.15, 0.2) is 6.33 Å². The lowest BCUT2D eigenvalue weighted by atomic mass is 9.85. The van der Waals surface area contributed by atoms with Crippen molar-refractivity contribution in [2.75, 3.05) is 0 Å². The zero-order chi connectivity index (χ0) is 13.9. The molecule has 1 aliphatic rings. The summed E-state index contributed by atoms with van der Waals surface area (Å²) in [6, 6.07) is 0.203. The molecule has 6 heteroatoms. The van der Waals surface area contributed by atoms with Crippen molar-refractivity contribution in [1.29, 1.82) is 0 Å². The number of hydrogen-bond acceptors (Lipinski definition) is 4. The van der Waals surface area contributed by atoms with Crippen molar-refractivity contribution in [2.45, 2.75) is 64.0 Å². The van der Waals surface area contributed by atoms with Crippen LogP contribution in [0.25, 0.3) is 0 Å². The highest BCUT2D eigenvalue weighted by Crippen LogP contribution is 2.30. The number of aromatic amines is 1. The second-order valence-corrected chi connectivity index (χ2v) is 6.07. The fourth-order valence-electron chi connectivity index (χ4n) is 2.40. The maximum atomic E-state index is 11.7. The highest BCUT2D eigenvalue weighted by Gasteiger charge is 2.26. The Bertz CT molecular complexity index is 403. The van der Waals surface area contributed by atoms with Gasteiger partial charge >= 0.3 is 6.09 Å². The first kappa shape index (κ1) is 13.8. The van der Waals surface area contributed by atoms with Gasteiger partial charge in [0, 0.05) is 12.0 Å². The molecule has 0 spiro atoms. The molecule has 0 bridgehead atoms. The molecule has 6 nitrogen and oxygen atoms in total. The SMILES string of the molecule is CC(C)(C)OC(=O)N[C@H]1CC[C@@H](c2ncn[nH]2)CC1. The van der Waals surface area contributed by atoms with Gasteiger partial charge in [0.1, 0.15) is 17.8 Å². The van der Waals surface area contributed by atoms with Crippen LogP contribution in [0.4, 0.5) is 4.79 Å². The van der Waals surface area contributed by atoms with E-state index in [4.69, 9.17) is 4.74 Å². The van der Waals surface area contributed by atoms with Gasteiger partial charge in [0.15, 0.2) is 0 Å². The Morgan fingerprint density at radius 3 is 2.58 bits per heavy atom. The maximum absolute atomic E-state index is 11.7. The second-order valence-electron chi connectivity index (χ2n) is 6.07. The van der Waals surface area contributed by atoms with Crippen molar-refractivity contribution >= 4 is 6.09 Å². The predicted octanol–water partition coefficient (Wildman–Crippen LogP) is 2.36. The van der Waals surface area contributed by atoms with E-state index in [0.29, 0.717) is 5.92 Å². The molecule has 1 heterocycles.